The van der Waals surface area contributed by atoms with Crippen LogP contribution in [-0.4, -0.2) is 14.8 Å². The minimum Gasteiger partial charge on any atom is -0.264 e. The first-order valence-corrected chi connectivity index (χ1v) is 6.59. The Bertz CT molecular complexity index is 806. The summed E-state index contributed by atoms with van der Waals surface area (Å²) < 4.78 is 40.5. The van der Waals surface area contributed by atoms with Gasteiger partial charge >= 0.3 is 6.18 Å². The van der Waals surface area contributed by atoms with Crippen molar-refractivity contribution in [2.24, 2.45) is 0 Å². The zero-order chi connectivity index (χ0) is 15.7. The molecule has 0 unspecified atom stereocenters. The van der Waals surface area contributed by atoms with Crippen LogP contribution >= 0.6 is 0 Å². The molecule has 2 heterocycles. The highest BCUT2D eigenvalue weighted by Crippen LogP contribution is 2.34. The van der Waals surface area contributed by atoms with Crippen molar-refractivity contribution in [3.05, 3.63) is 66.2 Å². The Morgan fingerprint density at radius 3 is 2.55 bits per heavy atom. The summed E-state index contributed by atoms with van der Waals surface area (Å²) in [5.41, 5.74) is 1.84. The third-order valence-corrected chi connectivity index (χ3v) is 3.39. The van der Waals surface area contributed by atoms with Crippen LogP contribution in [0.3, 0.4) is 0 Å². The Morgan fingerprint density at radius 2 is 1.82 bits per heavy atom. The van der Waals surface area contributed by atoms with Crippen LogP contribution in [0.1, 0.15) is 11.1 Å². The molecule has 0 fully saturated rings. The second kappa shape index (κ2) is 5.29. The highest BCUT2D eigenvalue weighted by atomic mass is 19.4. The van der Waals surface area contributed by atoms with Crippen LogP contribution in [0.2, 0.25) is 0 Å². The van der Waals surface area contributed by atoms with E-state index < -0.39 is 11.7 Å². The predicted octanol–water partition coefficient (Wildman–Crippen LogP) is 4.26. The average Bonchev–Trinajstić information content (AvgIpc) is 2.96. The van der Waals surface area contributed by atoms with Crippen molar-refractivity contribution in [2.75, 3.05) is 0 Å². The van der Waals surface area contributed by atoms with Crippen LogP contribution in [-0.2, 0) is 6.18 Å². The van der Waals surface area contributed by atoms with Crippen LogP contribution in [0.15, 0.2) is 55.1 Å². The van der Waals surface area contributed by atoms with Gasteiger partial charge in [-0.2, -0.15) is 18.3 Å². The second-order valence-corrected chi connectivity index (χ2v) is 4.88. The molecule has 0 aliphatic heterocycles. The zero-order valence-electron chi connectivity index (χ0n) is 11.7. The van der Waals surface area contributed by atoms with Crippen molar-refractivity contribution in [3.63, 3.8) is 0 Å². The molecule has 112 valence electrons. The maximum Gasteiger partial charge on any atom is 0.418 e. The van der Waals surface area contributed by atoms with Crippen molar-refractivity contribution in [1.29, 1.82) is 0 Å². The fourth-order valence-corrected chi connectivity index (χ4v) is 2.27. The molecule has 0 aliphatic rings. The molecule has 0 spiro atoms. The topological polar surface area (TPSA) is 30.7 Å². The number of rotatable bonds is 2. The molecule has 6 heteroatoms. The molecule has 1 aromatic carbocycles. The van der Waals surface area contributed by atoms with Crippen LogP contribution in [0.25, 0.3) is 16.8 Å². The second-order valence-electron chi connectivity index (χ2n) is 4.88. The summed E-state index contributed by atoms with van der Waals surface area (Å²) in [7, 11) is 0. The van der Waals surface area contributed by atoms with E-state index in [1.165, 1.54) is 23.0 Å². The number of alkyl halides is 3. The number of pyridine rings is 1. The number of hydrogen-bond donors (Lipinski definition) is 0. The number of halogens is 3. The lowest BCUT2D eigenvalue weighted by molar-refractivity contribution is -0.137. The van der Waals surface area contributed by atoms with Crippen molar-refractivity contribution >= 4 is 0 Å². The largest absolute Gasteiger partial charge is 0.418 e. The molecule has 0 saturated carbocycles. The standard InChI is InChI=1S/C16H12F3N3/c1-11-6-7-20-9-13(11)12-8-21-22(10-12)15-5-3-2-4-14(15)16(17,18)19/h2-10H,1H3. The molecule has 0 amide bonds. The normalized spacial score (nSPS) is 11.6. The van der Waals surface area contributed by atoms with E-state index in [-0.39, 0.29) is 5.69 Å². The minimum absolute atomic E-state index is 0.00259. The number of hydrogen-bond acceptors (Lipinski definition) is 2. The van der Waals surface area contributed by atoms with Crippen molar-refractivity contribution in [2.45, 2.75) is 13.1 Å². The van der Waals surface area contributed by atoms with E-state index in [9.17, 15) is 13.2 Å². The zero-order valence-corrected chi connectivity index (χ0v) is 11.7. The van der Waals surface area contributed by atoms with Crippen LogP contribution in [0, 0.1) is 6.92 Å². The maximum atomic E-state index is 13.1. The van der Waals surface area contributed by atoms with E-state index in [1.807, 2.05) is 13.0 Å². The first kappa shape index (κ1) is 14.3. The van der Waals surface area contributed by atoms with Gasteiger partial charge in [-0.1, -0.05) is 12.1 Å². The monoisotopic (exact) mass is 303 g/mol. The number of aromatic nitrogens is 3. The lowest BCUT2D eigenvalue weighted by Crippen LogP contribution is -2.10. The fourth-order valence-electron chi connectivity index (χ4n) is 2.27. The summed E-state index contributed by atoms with van der Waals surface area (Å²) in [4.78, 5) is 4.04. The number of nitrogens with zero attached hydrogens (tertiary/aromatic N) is 3. The van der Waals surface area contributed by atoms with Gasteiger partial charge in [0.2, 0.25) is 0 Å². The van der Waals surface area contributed by atoms with Gasteiger partial charge in [-0.3, -0.25) is 4.98 Å². The summed E-state index contributed by atoms with van der Waals surface area (Å²) in [6.45, 7) is 1.91. The van der Waals surface area contributed by atoms with Crippen LogP contribution in [0.5, 0.6) is 0 Å². The summed E-state index contributed by atoms with van der Waals surface area (Å²) in [6.07, 6.45) is 2.03. The molecule has 3 rings (SSSR count). The van der Waals surface area contributed by atoms with E-state index in [2.05, 4.69) is 10.1 Å². The lowest BCUT2D eigenvalue weighted by Gasteiger charge is -2.12. The van der Waals surface area contributed by atoms with Gasteiger partial charge in [0.15, 0.2) is 0 Å². The molecule has 0 N–H and O–H groups in total. The summed E-state index contributed by atoms with van der Waals surface area (Å²) in [5.74, 6) is 0. The highest BCUT2D eigenvalue weighted by molar-refractivity contribution is 5.65. The van der Waals surface area contributed by atoms with E-state index in [0.29, 0.717) is 0 Å². The number of benzene rings is 1. The van der Waals surface area contributed by atoms with Gasteiger partial charge < -0.3 is 0 Å². The smallest absolute Gasteiger partial charge is 0.264 e. The molecule has 0 atom stereocenters. The Labute approximate surface area is 125 Å². The van der Waals surface area contributed by atoms with Crippen molar-refractivity contribution in [1.82, 2.24) is 14.8 Å². The molecule has 3 aromatic rings. The van der Waals surface area contributed by atoms with Gasteiger partial charge in [0.05, 0.1) is 17.4 Å². The molecule has 0 bridgehead atoms. The predicted molar refractivity (Wildman–Crippen MR) is 76.5 cm³/mol. The Morgan fingerprint density at radius 1 is 1.05 bits per heavy atom. The average molecular weight is 303 g/mol. The molecule has 0 aliphatic carbocycles. The van der Waals surface area contributed by atoms with E-state index in [1.54, 1.807) is 24.7 Å². The Balaban J connectivity index is 2.08. The fraction of sp³-hybridized carbons (Fsp3) is 0.125. The van der Waals surface area contributed by atoms with E-state index in [4.69, 9.17) is 0 Å². The first-order chi connectivity index (χ1) is 10.5. The van der Waals surface area contributed by atoms with Gasteiger partial charge in [0, 0.05) is 29.7 Å². The molecule has 3 nitrogen and oxygen atoms in total. The minimum atomic E-state index is -4.42. The van der Waals surface area contributed by atoms with E-state index in [0.717, 1.165) is 22.8 Å². The molecule has 0 radical (unpaired) electrons. The summed E-state index contributed by atoms with van der Waals surface area (Å²) in [5, 5.41) is 4.07. The van der Waals surface area contributed by atoms with Crippen molar-refractivity contribution < 1.29 is 13.2 Å². The third-order valence-electron chi connectivity index (χ3n) is 3.39. The summed E-state index contributed by atoms with van der Waals surface area (Å²) >= 11 is 0. The quantitative estimate of drug-likeness (QED) is 0.708. The van der Waals surface area contributed by atoms with Gasteiger partial charge in [-0.25, -0.2) is 4.68 Å². The van der Waals surface area contributed by atoms with Gasteiger partial charge in [0.25, 0.3) is 0 Å². The highest BCUT2D eigenvalue weighted by Gasteiger charge is 2.33. The van der Waals surface area contributed by atoms with Crippen molar-refractivity contribution in [3.8, 4) is 16.8 Å². The SMILES string of the molecule is Cc1ccncc1-c1cnn(-c2ccccc2C(F)(F)F)c1. The molecular weight excluding hydrogens is 291 g/mol. The van der Waals surface area contributed by atoms with Crippen LogP contribution in [0.4, 0.5) is 13.2 Å². The number of para-hydroxylation sites is 1. The first-order valence-electron chi connectivity index (χ1n) is 6.59. The Kier molecular flexibility index (Phi) is 3.44. The molecule has 22 heavy (non-hydrogen) atoms. The molecule has 2 aromatic heterocycles. The molecule has 0 saturated heterocycles. The summed E-state index contributed by atoms with van der Waals surface area (Å²) in [6, 6.07) is 7.21. The Hall–Kier alpha value is -2.63. The van der Waals surface area contributed by atoms with Crippen LogP contribution < -0.4 is 0 Å². The van der Waals surface area contributed by atoms with Gasteiger partial charge in [0.1, 0.15) is 0 Å². The lowest BCUT2D eigenvalue weighted by atomic mass is 10.1. The maximum absolute atomic E-state index is 13.1. The molecular formula is C16H12F3N3. The number of aryl methyl sites for hydroxylation is 1. The van der Waals surface area contributed by atoms with Gasteiger partial charge in [-0.15, -0.1) is 0 Å². The van der Waals surface area contributed by atoms with Gasteiger partial charge in [-0.05, 0) is 30.7 Å². The third kappa shape index (κ3) is 2.59. The van der Waals surface area contributed by atoms with E-state index >= 15 is 0 Å².